The lowest BCUT2D eigenvalue weighted by molar-refractivity contribution is -0.135. The van der Waals surface area contributed by atoms with Gasteiger partial charge in [0.2, 0.25) is 5.91 Å². The van der Waals surface area contributed by atoms with Crippen molar-refractivity contribution in [3.63, 3.8) is 0 Å². The van der Waals surface area contributed by atoms with Gasteiger partial charge in [-0.2, -0.15) is 9.61 Å². The molecule has 4 rings (SSSR count). The van der Waals surface area contributed by atoms with Crippen LogP contribution in [-0.2, 0) is 11.2 Å². The molecule has 3 aromatic heterocycles. The lowest BCUT2D eigenvalue weighted by atomic mass is 10.0. The van der Waals surface area contributed by atoms with E-state index in [1.807, 2.05) is 13.0 Å². The topological polar surface area (TPSA) is 127 Å². The van der Waals surface area contributed by atoms with Crippen molar-refractivity contribution in [1.82, 2.24) is 24.5 Å². The highest BCUT2D eigenvalue weighted by Gasteiger charge is 2.23. The Hall–Kier alpha value is -4.18. The molecule has 3 N–H and O–H groups in total. The van der Waals surface area contributed by atoms with Gasteiger partial charge in [0, 0.05) is 36.0 Å². The van der Waals surface area contributed by atoms with Crippen molar-refractivity contribution in [2.45, 2.75) is 39.2 Å². The number of carbonyl (C=O) groups excluding carboxylic acids is 2. The van der Waals surface area contributed by atoms with E-state index in [9.17, 15) is 19.1 Å². The minimum atomic E-state index is -0.561. The maximum absolute atomic E-state index is 13.6. The van der Waals surface area contributed by atoms with E-state index in [0.29, 0.717) is 53.0 Å². The number of nitrogen functional groups attached to an aromatic ring is 1. The van der Waals surface area contributed by atoms with E-state index in [1.54, 1.807) is 37.6 Å². The van der Waals surface area contributed by atoms with Crippen LogP contribution in [-0.4, -0.2) is 61.0 Å². The molecule has 3 heterocycles. The average molecular weight is 505 g/mol. The Kier molecular flexibility index (Phi) is 7.58. The number of aliphatic hydroxyl groups is 1. The number of halogens is 1. The first-order chi connectivity index (χ1) is 17.7. The van der Waals surface area contributed by atoms with Crippen LogP contribution in [0.15, 0.2) is 48.8 Å². The first kappa shape index (κ1) is 25.9. The van der Waals surface area contributed by atoms with Gasteiger partial charge in [-0.05, 0) is 44.4 Å². The summed E-state index contributed by atoms with van der Waals surface area (Å²) >= 11 is 0. The van der Waals surface area contributed by atoms with Crippen LogP contribution in [0.2, 0.25) is 0 Å². The number of anilines is 1. The number of likely N-dealkylation sites (N-methyl/N-ethyl adjacent to an activating group) is 1. The Labute approximate surface area is 213 Å². The maximum Gasteiger partial charge on any atom is 0.248 e. The Morgan fingerprint density at radius 3 is 2.59 bits per heavy atom. The first-order valence-corrected chi connectivity index (χ1v) is 12.0. The summed E-state index contributed by atoms with van der Waals surface area (Å²) in [6.07, 6.45) is 4.90. The summed E-state index contributed by atoms with van der Waals surface area (Å²) in [6.45, 7) is 2.83. The van der Waals surface area contributed by atoms with E-state index in [2.05, 4.69) is 10.1 Å². The highest BCUT2D eigenvalue weighted by Crippen LogP contribution is 2.29. The molecule has 0 fully saturated rings. The van der Waals surface area contributed by atoms with Crippen molar-refractivity contribution in [2.24, 2.45) is 0 Å². The Balaban J connectivity index is 1.71. The lowest BCUT2D eigenvalue weighted by Gasteiger charge is -2.27. The van der Waals surface area contributed by atoms with Gasteiger partial charge in [-0.15, -0.1) is 0 Å². The van der Waals surface area contributed by atoms with Crippen LogP contribution < -0.4 is 5.73 Å². The van der Waals surface area contributed by atoms with Crippen molar-refractivity contribution in [3.8, 4) is 22.4 Å². The van der Waals surface area contributed by atoms with Gasteiger partial charge >= 0.3 is 0 Å². The summed E-state index contributed by atoms with van der Waals surface area (Å²) in [5, 5.41) is 13.6. The summed E-state index contributed by atoms with van der Waals surface area (Å²) in [6, 6.07) is 9.73. The molecule has 1 atom stereocenters. The SMILES string of the molecule is CC[C@H](CCc1nc2c(-c3ccc(-c4cccc(F)c4)nc3)cnn2c(N)c1C(C)=O)N(C)C(=O)CO. The fourth-order valence-electron chi connectivity index (χ4n) is 4.49. The number of hydrogen-bond donors (Lipinski definition) is 2. The van der Waals surface area contributed by atoms with Gasteiger partial charge in [-0.25, -0.2) is 9.37 Å². The largest absolute Gasteiger partial charge is 0.387 e. The summed E-state index contributed by atoms with van der Waals surface area (Å²) in [7, 11) is 1.65. The van der Waals surface area contributed by atoms with Crippen LogP contribution in [0, 0.1) is 5.82 Å². The molecule has 0 saturated heterocycles. The number of carbonyl (C=O) groups is 2. The Morgan fingerprint density at radius 1 is 1.19 bits per heavy atom. The molecule has 9 nitrogen and oxygen atoms in total. The minimum Gasteiger partial charge on any atom is -0.387 e. The number of hydrogen-bond acceptors (Lipinski definition) is 7. The van der Waals surface area contributed by atoms with Crippen LogP contribution in [0.1, 0.15) is 42.7 Å². The second kappa shape index (κ2) is 10.8. The molecule has 0 aliphatic heterocycles. The molecule has 0 bridgehead atoms. The second-order valence-corrected chi connectivity index (χ2v) is 8.87. The summed E-state index contributed by atoms with van der Waals surface area (Å²) < 4.78 is 15.1. The van der Waals surface area contributed by atoms with Crippen LogP contribution >= 0.6 is 0 Å². The zero-order valence-electron chi connectivity index (χ0n) is 21.0. The quantitative estimate of drug-likeness (QED) is 0.334. The molecule has 0 spiro atoms. The molecule has 37 heavy (non-hydrogen) atoms. The van der Waals surface area contributed by atoms with E-state index in [0.717, 1.165) is 5.56 Å². The lowest BCUT2D eigenvalue weighted by Crippen LogP contribution is -2.38. The number of nitrogens with zero attached hydrogens (tertiary/aromatic N) is 5. The van der Waals surface area contributed by atoms with Gasteiger partial charge in [-0.3, -0.25) is 14.6 Å². The van der Waals surface area contributed by atoms with Gasteiger partial charge in [0.25, 0.3) is 0 Å². The van der Waals surface area contributed by atoms with Crippen molar-refractivity contribution in [3.05, 3.63) is 65.9 Å². The number of pyridine rings is 1. The third-order valence-electron chi connectivity index (χ3n) is 6.57. The number of Topliss-reactive ketones (excluding diaryl/α,β-unsaturated/α-hetero) is 1. The molecule has 10 heteroatoms. The van der Waals surface area contributed by atoms with Crippen molar-refractivity contribution in [1.29, 1.82) is 0 Å². The molecule has 0 aliphatic rings. The maximum atomic E-state index is 13.6. The predicted octanol–water partition coefficient (Wildman–Crippen LogP) is 3.54. The Morgan fingerprint density at radius 2 is 1.97 bits per heavy atom. The highest BCUT2D eigenvalue weighted by atomic mass is 19.1. The van der Waals surface area contributed by atoms with Crippen molar-refractivity contribution in [2.75, 3.05) is 19.4 Å². The molecule has 0 unspecified atom stereocenters. The number of ketones is 1. The molecular formula is C27H29FN6O3. The molecule has 1 amide bonds. The molecule has 192 valence electrons. The average Bonchev–Trinajstić information content (AvgIpc) is 3.32. The summed E-state index contributed by atoms with van der Waals surface area (Å²) in [4.78, 5) is 35.3. The zero-order chi connectivity index (χ0) is 26.7. The van der Waals surface area contributed by atoms with Gasteiger partial charge in [-0.1, -0.05) is 25.1 Å². The zero-order valence-corrected chi connectivity index (χ0v) is 21.0. The van der Waals surface area contributed by atoms with Gasteiger partial charge in [0.05, 0.1) is 23.1 Å². The number of aliphatic hydroxyl groups excluding tert-OH is 1. The van der Waals surface area contributed by atoms with Crippen LogP contribution in [0.3, 0.4) is 0 Å². The number of benzene rings is 1. The second-order valence-electron chi connectivity index (χ2n) is 8.87. The van der Waals surface area contributed by atoms with E-state index in [1.165, 1.54) is 28.5 Å². The van der Waals surface area contributed by atoms with E-state index in [4.69, 9.17) is 10.7 Å². The number of amides is 1. The van der Waals surface area contributed by atoms with Crippen LogP contribution in [0.25, 0.3) is 28.0 Å². The summed E-state index contributed by atoms with van der Waals surface area (Å²) in [5.41, 5.74) is 10.4. The van der Waals surface area contributed by atoms with E-state index < -0.39 is 6.61 Å². The standard InChI is InChI=1S/C27H29FN6O3/c1-4-20(33(3)24(37)15-35)9-11-23-25(16(2)36)26(29)34-27(32-23)21(14-31-34)18-8-10-22(30-13-18)17-6-5-7-19(28)12-17/h5-8,10,12-14,20,35H,4,9,11,15,29H2,1-3H3/t20-/m1/s1. The molecule has 0 radical (unpaired) electrons. The molecule has 1 aromatic carbocycles. The first-order valence-electron chi connectivity index (χ1n) is 12.0. The predicted molar refractivity (Wildman–Crippen MR) is 138 cm³/mol. The molecule has 0 saturated carbocycles. The number of aromatic nitrogens is 4. The number of fused-ring (bicyclic) bond motifs is 1. The van der Waals surface area contributed by atoms with Crippen molar-refractivity contribution >= 4 is 23.2 Å². The minimum absolute atomic E-state index is 0.136. The Bertz CT molecular complexity index is 1450. The molecule has 4 aromatic rings. The number of aryl methyl sites for hydroxylation is 1. The van der Waals surface area contributed by atoms with E-state index in [-0.39, 0.29) is 29.4 Å². The smallest absolute Gasteiger partial charge is 0.248 e. The summed E-state index contributed by atoms with van der Waals surface area (Å²) in [5.74, 6) is -0.741. The van der Waals surface area contributed by atoms with E-state index >= 15 is 0 Å². The van der Waals surface area contributed by atoms with Gasteiger partial charge in [0.15, 0.2) is 11.4 Å². The van der Waals surface area contributed by atoms with Gasteiger partial charge in [0.1, 0.15) is 18.2 Å². The number of rotatable bonds is 9. The third kappa shape index (κ3) is 5.19. The monoisotopic (exact) mass is 504 g/mol. The van der Waals surface area contributed by atoms with Crippen LogP contribution in [0.4, 0.5) is 10.2 Å². The number of nitrogens with two attached hydrogens (primary N) is 1. The van der Waals surface area contributed by atoms with Crippen LogP contribution in [0.5, 0.6) is 0 Å². The highest BCUT2D eigenvalue weighted by molar-refractivity contribution is 6.00. The van der Waals surface area contributed by atoms with Gasteiger partial charge < -0.3 is 15.7 Å². The normalized spacial score (nSPS) is 12.0. The molecule has 0 aliphatic carbocycles. The fourth-order valence-corrected chi connectivity index (χ4v) is 4.49. The molecular weight excluding hydrogens is 475 g/mol. The fraction of sp³-hybridized carbons (Fsp3) is 0.296. The third-order valence-corrected chi connectivity index (χ3v) is 6.57. The van der Waals surface area contributed by atoms with Crippen molar-refractivity contribution < 1.29 is 19.1 Å².